The number of benzene rings is 4. The van der Waals surface area contributed by atoms with E-state index in [0.29, 0.717) is 27.6 Å². The van der Waals surface area contributed by atoms with Crippen LogP contribution >= 0.6 is 23.2 Å². The van der Waals surface area contributed by atoms with Crippen molar-refractivity contribution in [2.75, 3.05) is 12.4 Å². The van der Waals surface area contributed by atoms with Crippen molar-refractivity contribution < 1.29 is 19.1 Å². The van der Waals surface area contributed by atoms with Gasteiger partial charge in [0, 0.05) is 28.0 Å². The fourth-order valence-corrected chi connectivity index (χ4v) is 7.45. The van der Waals surface area contributed by atoms with Crippen molar-refractivity contribution in [2.24, 2.45) is 5.92 Å². The molecule has 3 heterocycles. The summed E-state index contributed by atoms with van der Waals surface area (Å²) in [4.78, 5) is 45.8. The Bertz CT molecular complexity index is 1820. The molecular weight excluding hydrogens is 571 g/mol. The SMILES string of the molecule is COc1ccc(C(=O)C2C(C(=O)c3ccc(Cl)cc3Cl)N3C=Cc4ccccc4C3C23C(=O)Nc2ccccc23)cc1. The maximum atomic E-state index is 14.8. The minimum Gasteiger partial charge on any atom is -0.497 e. The number of halogens is 2. The van der Waals surface area contributed by atoms with E-state index in [1.165, 1.54) is 6.07 Å². The number of amides is 1. The molecule has 1 amide bonds. The number of ether oxygens (including phenoxy) is 1. The first-order valence-corrected chi connectivity index (χ1v) is 14.2. The number of methoxy groups -OCH3 is 1. The topological polar surface area (TPSA) is 75.7 Å². The summed E-state index contributed by atoms with van der Waals surface area (Å²) in [6.07, 6.45) is 3.75. The third kappa shape index (κ3) is 3.68. The average Bonchev–Trinajstić information content (AvgIpc) is 3.49. The van der Waals surface area contributed by atoms with Crippen molar-refractivity contribution in [3.63, 3.8) is 0 Å². The van der Waals surface area contributed by atoms with Crippen LogP contribution in [0.1, 0.15) is 43.4 Å². The highest BCUT2D eigenvalue weighted by Gasteiger charge is 2.70. The first-order chi connectivity index (χ1) is 20.4. The van der Waals surface area contributed by atoms with Crippen LogP contribution in [0.5, 0.6) is 5.75 Å². The van der Waals surface area contributed by atoms with Gasteiger partial charge in [-0.05, 0) is 71.3 Å². The molecule has 3 aliphatic rings. The van der Waals surface area contributed by atoms with Gasteiger partial charge in [-0.3, -0.25) is 14.4 Å². The molecule has 1 fully saturated rings. The van der Waals surface area contributed by atoms with E-state index in [1.807, 2.05) is 65.7 Å². The van der Waals surface area contributed by atoms with Crippen molar-refractivity contribution in [1.82, 2.24) is 4.90 Å². The molecule has 3 aliphatic heterocycles. The van der Waals surface area contributed by atoms with Gasteiger partial charge in [0.15, 0.2) is 11.6 Å². The smallest absolute Gasteiger partial charge is 0.238 e. The molecule has 6 nitrogen and oxygen atoms in total. The molecule has 1 N–H and O–H groups in total. The number of ketones is 2. The molecule has 0 radical (unpaired) electrons. The summed E-state index contributed by atoms with van der Waals surface area (Å²) in [5, 5.41) is 3.62. The Morgan fingerprint density at radius 3 is 2.40 bits per heavy atom. The molecule has 4 unspecified atom stereocenters. The lowest BCUT2D eigenvalue weighted by atomic mass is 9.62. The average molecular weight is 595 g/mol. The van der Waals surface area contributed by atoms with Crippen molar-refractivity contribution in [3.05, 3.63) is 135 Å². The number of nitrogens with zero attached hydrogens (tertiary/aromatic N) is 1. The molecule has 7 rings (SSSR count). The number of carbonyl (C=O) groups is 3. The van der Waals surface area contributed by atoms with Crippen LogP contribution in [0.25, 0.3) is 6.08 Å². The molecule has 208 valence electrons. The van der Waals surface area contributed by atoms with E-state index in [2.05, 4.69) is 5.32 Å². The van der Waals surface area contributed by atoms with Crippen LogP contribution < -0.4 is 10.1 Å². The van der Waals surface area contributed by atoms with Crippen molar-refractivity contribution >= 4 is 52.4 Å². The molecule has 8 heteroatoms. The van der Waals surface area contributed by atoms with Crippen molar-refractivity contribution in [3.8, 4) is 5.75 Å². The Morgan fingerprint density at radius 1 is 0.905 bits per heavy atom. The molecule has 4 aromatic carbocycles. The number of hydrogen-bond acceptors (Lipinski definition) is 5. The monoisotopic (exact) mass is 594 g/mol. The molecule has 42 heavy (non-hydrogen) atoms. The molecule has 4 aromatic rings. The van der Waals surface area contributed by atoms with Crippen LogP contribution in [0.15, 0.2) is 97.2 Å². The van der Waals surface area contributed by atoms with E-state index in [0.717, 1.165) is 11.1 Å². The summed E-state index contributed by atoms with van der Waals surface area (Å²) in [6, 6.07) is 24.9. The van der Waals surface area contributed by atoms with Crippen molar-refractivity contribution in [2.45, 2.75) is 17.5 Å². The Labute approximate surface area is 252 Å². The van der Waals surface area contributed by atoms with Crippen LogP contribution in [0.3, 0.4) is 0 Å². The Morgan fingerprint density at radius 2 is 1.64 bits per heavy atom. The minimum absolute atomic E-state index is 0.179. The Balaban J connectivity index is 1.53. The van der Waals surface area contributed by atoms with E-state index < -0.39 is 23.4 Å². The molecular formula is C34H24Cl2N2O4. The molecule has 0 aromatic heterocycles. The number of hydrogen-bond donors (Lipinski definition) is 1. The lowest BCUT2D eigenvalue weighted by molar-refractivity contribution is -0.122. The number of fused-ring (bicyclic) bond motifs is 6. The van der Waals surface area contributed by atoms with Gasteiger partial charge < -0.3 is 15.0 Å². The van der Waals surface area contributed by atoms with Gasteiger partial charge in [-0.25, -0.2) is 0 Å². The number of nitrogens with one attached hydrogen (secondary N) is 1. The molecule has 0 saturated carbocycles. The Kier molecular flexibility index (Phi) is 6.22. The molecule has 0 aliphatic carbocycles. The predicted octanol–water partition coefficient (Wildman–Crippen LogP) is 6.98. The van der Waals surface area contributed by atoms with Gasteiger partial charge in [0.1, 0.15) is 17.2 Å². The lowest BCUT2D eigenvalue weighted by Crippen LogP contribution is -2.49. The van der Waals surface area contributed by atoms with Gasteiger partial charge >= 0.3 is 0 Å². The molecule has 0 bridgehead atoms. The normalized spacial score (nSPS) is 23.3. The van der Waals surface area contributed by atoms with Crippen molar-refractivity contribution in [1.29, 1.82) is 0 Å². The first-order valence-electron chi connectivity index (χ1n) is 13.5. The number of rotatable bonds is 5. The highest BCUT2D eigenvalue weighted by Crippen LogP contribution is 2.62. The summed E-state index contributed by atoms with van der Waals surface area (Å²) in [5.74, 6) is -1.53. The number of para-hydroxylation sites is 1. The van der Waals surface area contributed by atoms with E-state index in [1.54, 1.807) is 43.5 Å². The summed E-state index contributed by atoms with van der Waals surface area (Å²) in [6.45, 7) is 0. The van der Waals surface area contributed by atoms with Gasteiger partial charge in [0.05, 0.1) is 24.1 Å². The van der Waals surface area contributed by atoms with E-state index in [4.69, 9.17) is 27.9 Å². The second-order valence-electron chi connectivity index (χ2n) is 10.7. The molecule has 1 saturated heterocycles. The van der Waals surface area contributed by atoms with Crippen LogP contribution in [0.2, 0.25) is 10.0 Å². The van der Waals surface area contributed by atoms with Crippen LogP contribution in [-0.4, -0.2) is 35.5 Å². The molecule has 4 atom stereocenters. The largest absolute Gasteiger partial charge is 0.497 e. The second kappa shape index (κ2) is 9.86. The zero-order chi connectivity index (χ0) is 29.2. The highest BCUT2D eigenvalue weighted by atomic mass is 35.5. The maximum absolute atomic E-state index is 14.8. The quantitative estimate of drug-likeness (QED) is 0.252. The summed E-state index contributed by atoms with van der Waals surface area (Å²) in [5.41, 5.74) is 2.26. The number of anilines is 1. The lowest BCUT2D eigenvalue weighted by Gasteiger charge is -2.38. The number of Topliss-reactive ketones (excluding diaryl/α,β-unsaturated/α-hetero) is 2. The summed E-state index contributed by atoms with van der Waals surface area (Å²) in [7, 11) is 1.55. The predicted molar refractivity (Wildman–Crippen MR) is 162 cm³/mol. The summed E-state index contributed by atoms with van der Waals surface area (Å²) < 4.78 is 5.32. The fraction of sp³-hybridized carbons (Fsp3) is 0.147. The van der Waals surface area contributed by atoms with Gasteiger partial charge in [0.2, 0.25) is 5.91 Å². The third-order valence-electron chi connectivity index (χ3n) is 8.69. The number of carbonyl (C=O) groups excluding carboxylic acids is 3. The van der Waals surface area contributed by atoms with Crippen LogP contribution in [0.4, 0.5) is 5.69 Å². The zero-order valence-electron chi connectivity index (χ0n) is 22.4. The van der Waals surface area contributed by atoms with E-state index >= 15 is 0 Å². The standard InChI is InChI=1S/C34H24Cl2N2O4/c1-42-22-13-10-20(11-14-22)30(39)28-29(31(40)24-15-12-21(35)18-26(24)36)38-17-16-19-6-2-3-7-23(19)32(38)34(28)25-8-4-5-9-27(25)37-33(34)41/h2-18,28-29,32H,1H3,(H,37,41). The fourth-order valence-electron chi connectivity index (χ4n) is 6.95. The van der Waals surface area contributed by atoms with Gasteiger partial charge in [-0.2, -0.15) is 0 Å². The molecule has 1 spiro atoms. The summed E-state index contributed by atoms with van der Waals surface area (Å²) >= 11 is 12.7. The van der Waals surface area contributed by atoms with Gasteiger partial charge in [-0.15, -0.1) is 0 Å². The van der Waals surface area contributed by atoms with Crippen LogP contribution in [-0.2, 0) is 10.2 Å². The minimum atomic E-state index is -1.42. The highest BCUT2D eigenvalue weighted by molar-refractivity contribution is 6.37. The second-order valence-corrected chi connectivity index (χ2v) is 11.5. The van der Waals surface area contributed by atoms with E-state index in [9.17, 15) is 14.4 Å². The van der Waals surface area contributed by atoms with Crippen LogP contribution in [0, 0.1) is 5.92 Å². The van der Waals surface area contributed by atoms with Gasteiger partial charge in [0.25, 0.3) is 0 Å². The van der Waals surface area contributed by atoms with Gasteiger partial charge in [-0.1, -0.05) is 65.7 Å². The zero-order valence-corrected chi connectivity index (χ0v) is 23.9. The van der Waals surface area contributed by atoms with E-state index in [-0.39, 0.29) is 28.1 Å². The third-order valence-corrected chi connectivity index (χ3v) is 9.24. The Hall–Kier alpha value is -4.39. The maximum Gasteiger partial charge on any atom is 0.238 e. The first kappa shape index (κ1) is 26.5.